The Morgan fingerprint density at radius 2 is 1.42 bits per heavy atom. The molecule has 0 aliphatic carbocycles. The van der Waals surface area contributed by atoms with Crippen molar-refractivity contribution in [1.29, 1.82) is 0 Å². The van der Waals surface area contributed by atoms with Gasteiger partial charge in [0.1, 0.15) is 0 Å². The number of carbonyl (C=O) groups excluding carboxylic acids is 2. The molecule has 0 aromatic rings. The van der Waals surface area contributed by atoms with Crippen molar-refractivity contribution in [1.82, 2.24) is 0 Å². The molecule has 0 heterocycles. The molecular formula is C18H30O6. The quantitative estimate of drug-likeness (QED) is 0.244. The van der Waals surface area contributed by atoms with Crippen molar-refractivity contribution in [3.05, 3.63) is 25.3 Å². The Balaban J connectivity index is 3.45. The minimum atomic E-state index is -0.405. The molecule has 0 amide bonds. The van der Waals surface area contributed by atoms with Crippen molar-refractivity contribution >= 4 is 11.9 Å². The fraction of sp³-hybridized carbons (Fsp3) is 0.667. The minimum Gasteiger partial charge on any atom is -0.462 e. The van der Waals surface area contributed by atoms with Gasteiger partial charge in [-0.2, -0.15) is 0 Å². The van der Waals surface area contributed by atoms with E-state index in [0.29, 0.717) is 45.9 Å². The van der Waals surface area contributed by atoms with Crippen LogP contribution in [0.1, 0.15) is 39.0 Å². The van der Waals surface area contributed by atoms with Crippen LogP contribution in [-0.2, 0) is 28.5 Å². The van der Waals surface area contributed by atoms with Gasteiger partial charge in [0.05, 0.1) is 25.9 Å². The molecule has 1 unspecified atom stereocenters. The van der Waals surface area contributed by atoms with Gasteiger partial charge in [-0.05, 0) is 19.3 Å². The van der Waals surface area contributed by atoms with Crippen LogP contribution in [0.25, 0.3) is 0 Å². The molecule has 6 nitrogen and oxygen atoms in total. The summed E-state index contributed by atoms with van der Waals surface area (Å²) >= 11 is 0. The summed E-state index contributed by atoms with van der Waals surface area (Å²) in [6.07, 6.45) is 6.62. The van der Waals surface area contributed by atoms with Gasteiger partial charge in [0, 0.05) is 38.2 Å². The molecule has 0 aromatic carbocycles. The summed E-state index contributed by atoms with van der Waals surface area (Å²) in [6.45, 7) is 11.2. The van der Waals surface area contributed by atoms with E-state index in [1.165, 1.54) is 0 Å². The highest BCUT2D eigenvalue weighted by molar-refractivity contribution is 5.81. The number of esters is 2. The van der Waals surface area contributed by atoms with Gasteiger partial charge in [-0.15, -0.1) is 0 Å². The van der Waals surface area contributed by atoms with Crippen molar-refractivity contribution in [2.24, 2.45) is 0 Å². The van der Waals surface area contributed by atoms with Crippen molar-refractivity contribution in [2.45, 2.75) is 45.1 Å². The second kappa shape index (κ2) is 16.2. The smallest absolute Gasteiger partial charge is 0.330 e. The lowest BCUT2D eigenvalue weighted by molar-refractivity contribution is -0.139. The summed E-state index contributed by atoms with van der Waals surface area (Å²) in [5.41, 5.74) is 0. The van der Waals surface area contributed by atoms with E-state index in [-0.39, 0.29) is 6.10 Å². The molecule has 0 bridgehead atoms. The third-order valence-electron chi connectivity index (χ3n) is 3.17. The molecule has 0 rings (SSSR count). The molecule has 0 radical (unpaired) electrons. The van der Waals surface area contributed by atoms with Crippen molar-refractivity contribution in [3.63, 3.8) is 0 Å². The molecule has 1 atom stereocenters. The highest BCUT2D eigenvalue weighted by Crippen LogP contribution is 2.07. The molecule has 0 saturated heterocycles. The van der Waals surface area contributed by atoms with Gasteiger partial charge in [0.2, 0.25) is 0 Å². The van der Waals surface area contributed by atoms with Crippen molar-refractivity contribution < 1.29 is 28.5 Å². The van der Waals surface area contributed by atoms with E-state index < -0.39 is 11.9 Å². The Labute approximate surface area is 144 Å². The molecule has 0 aliphatic heterocycles. The Morgan fingerprint density at radius 1 is 0.875 bits per heavy atom. The predicted molar refractivity (Wildman–Crippen MR) is 91.6 cm³/mol. The Bertz CT molecular complexity index is 367. The molecule has 24 heavy (non-hydrogen) atoms. The van der Waals surface area contributed by atoms with Gasteiger partial charge < -0.3 is 18.9 Å². The van der Waals surface area contributed by atoms with Crippen LogP contribution in [0.2, 0.25) is 0 Å². The Morgan fingerprint density at radius 3 is 1.96 bits per heavy atom. The van der Waals surface area contributed by atoms with Gasteiger partial charge >= 0.3 is 11.9 Å². The van der Waals surface area contributed by atoms with Crippen LogP contribution < -0.4 is 0 Å². The molecule has 0 aromatic heterocycles. The molecule has 6 heteroatoms. The van der Waals surface area contributed by atoms with Gasteiger partial charge in [-0.1, -0.05) is 20.1 Å². The third-order valence-corrected chi connectivity index (χ3v) is 3.17. The lowest BCUT2D eigenvalue weighted by Gasteiger charge is -2.16. The summed E-state index contributed by atoms with van der Waals surface area (Å²) in [5, 5.41) is 0. The first-order valence-electron chi connectivity index (χ1n) is 8.41. The molecule has 0 fully saturated rings. The summed E-state index contributed by atoms with van der Waals surface area (Å²) in [6, 6.07) is 0. The van der Waals surface area contributed by atoms with Gasteiger partial charge in [0.15, 0.2) is 0 Å². The number of hydrogen-bond acceptors (Lipinski definition) is 6. The normalized spacial score (nSPS) is 11.5. The van der Waals surface area contributed by atoms with Crippen molar-refractivity contribution in [2.75, 3.05) is 33.0 Å². The molecule has 0 aliphatic rings. The average Bonchev–Trinajstić information content (AvgIpc) is 2.61. The van der Waals surface area contributed by atoms with E-state index in [1.54, 1.807) is 0 Å². The maximum atomic E-state index is 10.9. The highest BCUT2D eigenvalue weighted by Gasteiger charge is 2.06. The first-order valence-corrected chi connectivity index (χ1v) is 8.41. The average molecular weight is 342 g/mol. The monoisotopic (exact) mass is 342 g/mol. The van der Waals surface area contributed by atoms with Crippen LogP contribution in [0.3, 0.4) is 0 Å². The van der Waals surface area contributed by atoms with Crippen LogP contribution in [0.5, 0.6) is 0 Å². The fourth-order valence-electron chi connectivity index (χ4n) is 1.85. The largest absolute Gasteiger partial charge is 0.462 e. The third kappa shape index (κ3) is 14.0. The Kier molecular flexibility index (Phi) is 15.1. The Hall–Kier alpha value is -1.66. The van der Waals surface area contributed by atoms with Crippen LogP contribution >= 0.6 is 0 Å². The van der Waals surface area contributed by atoms with E-state index in [9.17, 15) is 9.59 Å². The lowest BCUT2D eigenvalue weighted by atomic mass is 10.1. The second-order valence-electron chi connectivity index (χ2n) is 5.11. The summed E-state index contributed by atoms with van der Waals surface area (Å²) in [7, 11) is 0. The number of ether oxygens (including phenoxy) is 4. The standard InChI is InChI=1S/C18H30O6/c1-4-16(22-13-9-15-24-18(20)6-3)10-7-11-21-12-8-14-23-17(19)5-2/h5-6,16H,2-4,7-15H2,1H3. The molecule has 0 spiro atoms. The van der Waals surface area contributed by atoms with E-state index in [4.69, 9.17) is 18.9 Å². The highest BCUT2D eigenvalue weighted by atomic mass is 16.5. The zero-order valence-corrected chi connectivity index (χ0v) is 14.7. The summed E-state index contributed by atoms with van der Waals surface area (Å²) in [5.74, 6) is -0.810. The summed E-state index contributed by atoms with van der Waals surface area (Å²) in [4.78, 5) is 21.7. The zero-order valence-electron chi connectivity index (χ0n) is 14.7. The minimum absolute atomic E-state index is 0.192. The molecule has 0 saturated carbocycles. The van der Waals surface area contributed by atoms with E-state index in [0.717, 1.165) is 31.4 Å². The van der Waals surface area contributed by atoms with Gasteiger partial charge in [0.25, 0.3) is 0 Å². The van der Waals surface area contributed by atoms with Crippen molar-refractivity contribution in [3.8, 4) is 0 Å². The molecule has 0 N–H and O–H groups in total. The first kappa shape index (κ1) is 22.3. The maximum Gasteiger partial charge on any atom is 0.330 e. The SMILES string of the molecule is C=CC(=O)OCCCOCCCC(CC)OCCCOC(=O)C=C. The van der Waals surface area contributed by atoms with Gasteiger partial charge in [-0.25, -0.2) is 9.59 Å². The second-order valence-corrected chi connectivity index (χ2v) is 5.11. The van der Waals surface area contributed by atoms with E-state index in [2.05, 4.69) is 20.1 Å². The van der Waals surface area contributed by atoms with Crippen LogP contribution in [0, 0.1) is 0 Å². The van der Waals surface area contributed by atoms with Crippen LogP contribution in [0.4, 0.5) is 0 Å². The van der Waals surface area contributed by atoms with Crippen LogP contribution in [0.15, 0.2) is 25.3 Å². The maximum absolute atomic E-state index is 10.9. The molecular weight excluding hydrogens is 312 g/mol. The van der Waals surface area contributed by atoms with E-state index in [1.807, 2.05) is 0 Å². The van der Waals surface area contributed by atoms with E-state index >= 15 is 0 Å². The topological polar surface area (TPSA) is 71.1 Å². The summed E-state index contributed by atoms with van der Waals surface area (Å²) < 4.78 is 21.0. The number of rotatable bonds is 16. The van der Waals surface area contributed by atoms with Crippen LogP contribution in [-0.4, -0.2) is 51.1 Å². The number of hydrogen-bond donors (Lipinski definition) is 0. The number of carbonyl (C=O) groups is 2. The predicted octanol–water partition coefficient (Wildman–Crippen LogP) is 2.82. The fourth-order valence-corrected chi connectivity index (χ4v) is 1.85. The van der Waals surface area contributed by atoms with Gasteiger partial charge in [-0.3, -0.25) is 0 Å². The first-order chi connectivity index (χ1) is 11.6. The lowest BCUT2D eigenvalue weighted by Crippen LogP contribution is -2.15. The molecule has 138 valence electrons. The zero-order chi connectivity index (χ0) is 18.0.